The fourth-order valence-electron chi connectivity index (χ4n) is 3.61. The van der Waals surface area contributed by atoms with Crippen LogP contribution < -0.4 is 66.7 Å². The van der Waals surface area contributed by atoms with Gasteiger partial charge in [0.05, 0.1) is 32.0 Å². The third kappa shape index (κ3) is 20.0. The molecule has 0 saturated carbocycles. The molecule has 23 heteroatoms. The number of aliphatic imine (C=N–C) groups is 2. The number of rotatable bonds is 23. The third-order valence-corrected chi connectivity index (χ3v) is 5.82. The van der Waals surface area contributed by atoms with Gasteiger partial charge < -0.3 is 71.8 Å². The number of carboxylic acid groups (broad SMARTS) is 1. The highest BCUT2D eigenvalue weighted by Crippen LogP contribution is 2.02. The van der Waals surface area contributed by atoms with E-state index in [4.69, 9.17) is 40.1 Å². The van der Waals surface area contributed by atoms with E-state index in [9.17, 15) is 43.5 Å². The van der Waals surface area contributed by atoms with Crippen LogP contribution in [0.1, 0.15) is 38.5 Å². The average Bonchev–Trinajstić information content (AvgIpc) is 2.96. The number of carbonyl (C=O) groups excluding carboxylic acids is 7. The molecule has 0 radical (unpaired) electrons. The van der Waals surface area contributed by atoms with Crippen molar-refractivity contribution in [2.45, 2.75) is 62.7 Å². The number of carbonyl (C=O) groups is 8. The van der Waals surface area contributed by atoms with Crippen LogP contribution in [-0.2, 0) is 38.4 Å². The minimum Gasteiger partial charge on any atom is -0.480 e. The van der Waals surface area contributed by atoms with E-state index in [2.05, 4.69) is 36.6 Å². The Morgan fingerprint density at radius 2 is 1.02 bits per heavy atom. The molecule has 0 unspecified atom stereocenters. The Bertz CT molecular complexity index is 1200. The average molecular weight is 673 g/mol. The molecule has 0 aliphatic rings. The van der Waals surface area contributed by atoms with Crippen LogP contribution in [0.4, 0.5) is 0 Å². The number of nitrogens with two attached hydrogens (primary N) is 7. The van der Waals surface area contributed by atoms with Gasteiger partial charge in [0.15, 0.2) is 11.9 Å². The molecule has 4 atom stereocenters. The maximum absolute atomic E-state index is 13.1. The first kappa shape index (κ1) is 41.3. The van der Waals surface area contributed by atoms with Crippen molar-refractivity contribution in [1.29, 1.82) is 0 Å². The van der Waals surface area contributed by atoms with Crippen molar-refractivity contribution in [1.82, 2.24) is 26.6 Å². The summed E-state index contributed by atoms with van der Waals surface area (Å²) >= 11 is 0. The number of nitrogens with zero attached hydrogens (tertiary/aromatic N) is 2. The van der Waals surface area contributed by atoms with Gasteiger partial charge in [-0.2, -0.15) is 0 Å². The molecule has 0 aromatic carbocycles. The Kier molecular flexibility index (Phi) is 19.2. The molecule has 264 valence electrons. The molecule has 20 N–H and O–H groups in total. The van der Waals surface area contributed by atoms with Crippen LogP contribution in [0.25, 0.3) is 0 Å². The molecule has 0 spiro atoms. The maximum atomic E-state index is 13.1. The molecule has 0 aliphatic heterocycles. The van der Waals surface area contributed by atoms with E-state index in [-0.39, 0.29) is 50.7 Å². The first-order chi connectivity index (χ1) is 21.9. The molecule has 0 aromatic heterocycles. The van der Waals surface area contributed by atoms with E-state index in [0.29, 0.717) is 0 Å². The van der Waals surface area contributed by atoms with E-state index in [0.717, 1.165) is 0 Å². The van der Waals surface area contributed by atoms with Gasteiger partial charge >= 0.3 is 5.97 Å². The van der Waals surface area contributed by atoms with E-state index >= 15 is 0 Å². The molecule has 0 aliphatic carbocycles. The summed E-state index contributed by atoms with van der Waals surface area (Å²) in [6, 6.07) is -5.62. The Morgan fingerprint density at radius 3 is 1.47 bits per heavy atom. The maximum Gasteiger partial charge on any atom is 0.326 e. The van der Waals surface area contributed by atoms with Gasteiger partial charge in [0.2, 0.25) is 41.4 Å². The molecule has 0 saturated heterocycles. The number of hydrogen-bond acceptors (Lipinski definition) is 11. The SMILES string of the molecule is NC(=O)C[C@H](NC(=O)[C@H](CCCN=C(N)N)NC(=O)CNC(=O)[C@@H](N)CC(N)=O)C(=O)NCC(=O)N[C@@H](CCCN=C(N)N)C(=O)O. The molecule has 0 heterocycles. The summed E-state index contributed by atoms with van der Waals surface area (Å²) < 4.78 is 0. The van der Waals surface area contributed by atoms with Crippen molar-refractivity contribution in [2.24, 2.45) is 50.1 Å². The van der Waals surface area contributed by atoms with Gasteiger partial charge in [-0.15, -0.1) is 0 Å². The summed E-state index contributed by atoms with van der Waals surface area (Å²) in [5, 5.41) is 20.5. The van der Waals surface area contributed by atoms with Gasteiger partial charge in [0, 0.05) is 13.1 Å². The van der Waals surface area contributed by atoms with Crippen LogP contribution in [0.15, 0.2) is 9.98 Å². The van der Waals surface area contributed by atoms with Gasteiger partial charge in [0.25, 0.3) is 0 Å². The molecular weight excluding hydrogens is 628 g/mol. The Balaban J connectivity index is 5.47. The second-order valence-corrected chi connectivity index (χ2v) is 9.92. The molecule has 23 nitrogen and oxygen atoms in total. The lowest BCUT2D eigenvalue weighted by molar-refractivity contribution is -0.142. The number of primary amides is 2. The quantitative estimate of drug-likeness (QED) is 0.0272. The zero-order chi connectivity index (χ0) is 36.1. The number of carboxylic acids is 1. The molecule has 0 bridgehead atoms. The minimum atomic E-state index is -1.62. The summed E-state index contributed by atoms with van der Waals surface area (Å²) in [6.07, 6.45) is -0.953. The predicted molar refractivity (Wildman–Crippen MR) is 165 cm³/mol. The Labute approximate surface area is 268 Å². The lowest BCUT2D eigenvalue weighted by Crippen LogP contribution is -2.56. The van der Waals surface area contributed by atoms with Gasteiger partial charge in [-0.25, -0.2) is 4.79 Å². The van der Waals surface area contributed by atoms with Gasteiger partial charge in [-0.1, -0.05) is 0 Å². The predicted octanol–water partition coefficient (Wildman–Crippen LogP) is -8.06. The van der Waals surface area contributed by atoms with Gasteiger partial charge in [-0.05, 0) is 25.7 Å². The molecular formula is C24H44N14O9. The second kappa shape index (κ2) is 21.9. The van der Waals surface area contributed by atoms with Gasteiger partial charge in [0.1, 0.15) is 18.1 Å². The summed E-state index contributed by atoms with van der Waals surface area (Å²) in [5.41, 5.74) is 36.7. The minimum absolute atomic E-state index is 0.0354. The van der Waals surface area contributed by atoms with Crippen molar-refractivity contribution in [3.8, 4) is 0 Å². The number of aliphatic carboxylic acids is 1. The van der Waals surface area contributed by atoms with Crippen molar-refractivity contribution in [2.75, 3.05) is 26.2 Å². The van der Waals surface area contributed by atoms with Crippen LogP contribution >= 0.6 is 0 Å². The summed E-state index contributed by atoms with van der Waals surface area (Å²) in [6.45, 7) is -1.23. The smallest absolute Gasteiger partial charge is 0.326 e. The number of amides is 7. The first-order valence-electron chi connectivity index (χ1n) is 14.0. The van der Waals surface area contributed by atoms with E-state index in [1.807, 2.05) is 0 Å². The van der Waals surface area contributed by atoms with Crippen LogP contribution in [0.2, 0.25) is 0 Å². The van der Waals surface area contributed by atoms with Gasteiger partial charge in [-0.3, -0.25) is 43.5 Å². The van der Waals surface area contributed by atoms with Crippen molar-refractivity contribution >= 4 is 59.2 Å². The topological polar surface area (TPSA) is 424 Å². The highest BCUT2D eigenvalue weighted by atomic mass is 16.4. The molecule has 0 aromatic rings. The summed E-state index contributed by atoms with van der Waals surface area (Å²) in [4.78, 5) is 104. The highest BCUT2D eigenvalue weighted by molar-refractivity contribution is 5.96. The summed E-state index contributed by atoms with van der Waals surface area (Å²) in [7, 11) is 0. The van der Waals surface area contributed by atoms with Crippen molar-refractivity contribution in [3.63, 3.8) is 0 Å². The lowest BCUT2D eigenvalue weighted by atomic mass is 10.1. The standard InChI is InChI=1S/C24H44N14O9/c25-11(7-15(26)39)19(43)34-9-17(41)36-12(3-1-5-32-23(28)29)21(45)38-14(8-16(27)40)20(44)35-10-18(42)37-13(22(46)47)4-2-6-33-24(30)31/h11-14H,1-10,25H2,(H2,26,39)(H2,27,40)(H,34,43)(H,35,44)(H,36,41)(H,37,42)(H,38,45)(H,46,47)(H4,28,29,32)(H4,30,31,33)/t11-,12-,13-,14-/m0/s1. The Morgan fingerprint density at radius 1 is 0.574 bits per heavy atom. The van der Waals surface area contributed by atoms with Crippen molar-refractivity contribution in [3.05, 3.63) is 0 Å². The second-order valence-electron chi connectivity index (χ2n) is 9.92. The molecule has 0 fully saturated rings. The molecule has 7 amide bonds. The van der Waals surface area contributed by atoms with Crippen molar-refractivity contribution < 1.29 is 43.5 Å². The molecule has 47 heavy (non-hydrogen) atoms. The Hall–Kier alpha value is -5.74. The zero-order valence-corrected chi connectivity index (χ0v) is 25.5. The third-order valence-electron chi connectivity index (χ3n) is 5.82. The normalized spacial score (nSPS) is 12.9. The molecule has 0 rings (SSSR count). The number of guanidine groups is 2. The van der Waals surface area contributed by atoms with E-state index in [1.165, 1.54) is 0 Å². The zero-order valence-electron chi connectivity index (χ0n) is 25.5. The fourth-order valence-corrected chi connectivity index (χ4v) is 3.61. The van der Waals surface area contributed by atoms with E-state index < -0.39 is 97.4 Å². The lowest BCUT2D eigenvalue weighted by Gasteiger charge is -2.23. The monoisotopic (exact) mass is 672 g/mol. The number of nitrogens with one attached hydrogen (secondary N) is 5. The summed E-state index contributed by atoms with van der Waals surface area (Å²) in [5.74, 6) is -8.25. The largest absolute Gasteiger partial charge is 0.480 e. The van der Waals surface area contributed by atoms with Crippen LogP contribution in [-0.4, -0.2) is 115 Å². The van der Waals surface area contributed by atoms with Crippen LogP contribution in [0, 0.1) is 0 Å². The van der Waals surface area contributed by atoms with Crippen LogP contribution in [0.5, 0.6) is 0 Å². The fraction of sp³-hybridized carbons (Fsp3) is 0.583. The van der Waals surface area contributed by atoms with E-state index in [1.54, 1.807) is 0 Å². The number of hydrogen-bond donors (Lipinski definition) is 13. The first-order valence-corrected chi connectivity index (χ1v) is 14.0. The van der Waals surface area contributed by atoms with Crippen LogP contribution in [0.3, 0.4) is 0 Å². The highest BCUT2D eigenvalue weighted by Gasteiger charge is 2.29.